The highest BCUT2D eigenvalue weighted by Gasteiger charge is 2.32. The molecule has 3 rings (SSSR count). The van der Waals surface area contributed by atoms with Crippen molar-refractivity contribution in [3.63, 3.8) is 0 Å². The van der Waals surface area contributed by atoms with E-state index >= 15 is 0 Å². The first-order valence-electron chi connectivity index (χ1n) is 7.18. The van der Waals surface area contributed by atoms with E-state index in [-0.39, 0.29) is 12.0 Å². The molecule has 0 bridgehead atoms. The monoisotopic (exact) mass is 302 g/mol. The standard InChI is InChI=1S/C18H15BN2S/c1-12-16(11-20)18(22-15-9-5-8-14(19)10-15)21-17(12)13-6-3-2-4-7-13/h2-10,12,17,21H,1H3. The fourth-order valence-corrected chi connectivity index (χ4v) is 3.79. The van der Waals surface area contributed by atoms with Crippen LogP contribution in [0.5, 0.6) is 0 Å². The molecular formula is C18H15BN2S. The van der Waals surface area contributed by atoms with Crippen LogP contribution in [0.15, 0.2) is 70.1 Å². The van der Waals surface area contributed by atoms with Gasteiger partial charge in [0.25, 0.3) is 0 Å². The quantitative estimate of drug-likeness (QED) is 0.884. The van der Waals surface area contributed by atoms with Crippen molar-refractivity contribution in [2.45, 2.75) is 17.9 Å². The summed E-state index contributed by atoms with van der Waals surface area (Å²) in [6.07, 6.45) is 0. The lowest BCUT2D eigenvalue weighted by molar-refractivity contribution is 0.529. The van der Waals surface area contributed by atoms with Gasteiger partial charge in [-0.15, -0.1) is 0 Å². The van der Waals surface area contributed by atoms with E-state index in [2.05, 4.69) is 30.4 Å². The molecule has 0 aromatic heterocycles. The second-order valence-corrected chi connectivity index (χ2v) is 6.43. The number of rotatable bonds is 3. The van der Waals surface area contributed by atoms with Crippen LogP contribution in [0.2, 0.25) is 0 Å². The number of benzene rings is 2. The minimum atomic E-state index is 0.138. The summed E-state index contributed by atoms with van der Waals surface area (Å²) in [4.78, 5) is 1.04. The van der Waals surface area contributed by atoms with Gasteiger partial charge < -0.3 is 5.32 Å². The number of hydrogen-bond acceptors (Lipinski definition) is 3. The van der Waals surface area contributed by atoms with E-state index in [1.165, 1.54) is 5.56 Å². The first kappa shape index (κ1) is 14.8. The van der Waals surface area contributed by atoms with Crippen LogP contribution < -0.4 is 10.8 Å². The molecule has 1 aliphatic rings. The molecule has 22 heavy (non-hydrogen) atoms. The number of nitrogens with zero attached hydrogens (tertiary/aromatic N) is 1. The molecule has 0 saturated carbocycles. The number of nitrogens with one attached hydrogen (secondary N) is 1. The molecule has 0 spiro atoms. The summed E-state index contributed by atoms with van der Waals surface area (Å²) < 4.78 is 0. The van der Waals surface area contributed by atoms with Gasteiger partial charge in [-0.05, 0) is 11.6 Å². The second-order valence-electron chi connectivity index (χ2n) is 5.35. The van der Waals surface area contributed by atoms with Crippen LogP contribution in [0.3, 0.4) is 0 Å². The molecule has 0 saturated heterocycles. The molecule has 2 unspecified atom stereocenters. The Hall–Kier alpha value is -2.12. The first-order chi connectivity index (χ1) is 10.7. The van der Waals surface area contributed by atoms with Crippen molar-refractivity contribution < 1.29 is 0 Å². The zero-order valence-electron chi connectivity index (χ0n) is 12.3. The van der Waals surface area contributed by atoms with Crippen molar-refractivity contribution in [1.82, 2.24) is 5.32 Å². The fourth-order valence-electron chi connectivity index (χ4n) is 2.68. The highest BCUT2D eigenvalue weighted by atomic mass is 32.2. The van der Waals surface area contributed by atoms with Gasteiger partial charge in [-0.1, -0.05) is 72.7 Å². The molecule has 0 amide bonds. The summed E-state index contributed by atoms with van der Waals surface area (Å²) in [5, 5.41) is 13.9. The Bertz CT molecular complexity index is 749. The maximum Gasteiger partial charge on any atom is 0.113 e. The summed E-state index contributed by atoms with van der Waals surface area (Å²) in [6, 6.07) is 20.5. The van der Waals surface area contributed by atoms with Crippen LogP contribution in [0.1, 0.15) is 18.5 Å². The summed E-state index contributed by atoms with van der Waals surface area (Å²) in [6.45, 7) is 2.09. The minimum absolute atomic E-state index is 0.138. The van der Waals surface area contributed by atoms with Crippen molar-refractivity contribution in [2.75, 3.05) is 0 Å². The minimum Gasteiger partial charge on any atom is -0.371 e. The van der Waals surface area contributed by atoms with E-state index < -0.39 is 0 Å². The molecular weight excluding hydrogens is 287 g/mol. The molecule has 2 aromatic carbocycles. The van der Waals surface area contributed by atoms with E-state index in [9.17, 15) is 5.26 Å². The number of hydrogen-bond donors (Lipinski definition) is 1. The smallest absolute Gasteiger partial charge is 0.113 e. The Morgan fingerprint density at radius 3 is 2.59 bits per heavy atom. The molecule has 1 N–H and O–H groups in total. The van der Waals surface area contributed by atoms with Crippen molar-refractivity contribution in [3.8, 4) is 6.07 Å². The van der Waals surface area contributed by atoms with Crippen molar-refractivity contribution >= 4 is 25.1 Å². The molecule has 2 aromatic rings. The van der Waals surface area contributed by atoms with Crippen LogP contribution in [0.4, 0.5) is 0 Å². The highest BCUT2D eigenvalue weighted by molar-refractivity contribution is 8.03. The Balaban J connectivity index is 1.87. The molecule has 0 aliphatic carbocycles. The van der Waals surface area contributed by atoms with E-state index in [1.54, 1.807) is 11.8 Å². The van der Waals surface area contributed by atoms with E-state index in [0.717, 1.165) is 21.0 Å². The lowest BCUT2D eigenvalue weighted by atomic mass is 9.92. The Morgan fingerprint density at radius 1 is 1.14 bits per heavy atom. The topological polar surface area (TPSA) is 35.8 Å². The Morgan fingerprint density at radius 2 is 1.91 bits per heavy atom. The number of nitriles is 1. The van der Waals surface area contributed by atoms with E-state index in [4.69, 9.17) is 7.85 Å². The van der Waals surface area contributed by atoms with Gasteiger partial charge in [-0.25, -0.2) is 0 Å². The molecule has 4 heteroatoms. The van der Waals surface area contributed by atoms with E-state index in [1.807, 2.05) is 42.5 Å². The van der Waals surface area contributed by atoms with Crippen LogP contribution in [0, 0.1) is 17.2 Å². The van der Waals surface area contributed by atoms with Crippen molar-refractivity contribution in [1.29, 1.82) is 5.26 Å². The molecule has 106 valence electrons. The van der Waals surface area contributed by atoms with Gasteiger partial charge in [0, 0.05) is 10.8 Å². The summed E-state index contributed by atoms with van der Waals surface area (Å²) in [5.74, 6) is 0.149. The molecule has 0 fully saturated rings. The van der Waals surface area contributed by atoms with Crippen molar-refractivity contribution in [2.24, 2.45) is 5.92 Å². The SMILES string of the molecule is [B]c1cccc(SC2=C(C#N)C(C)C(c3ccccc3)N2)c1. The predicted octanol–water partition coefficient (Wildman–Crippen LogP) is 3.29. The largest absolute Gasteiger partial charge is 0.371 e. The second kappa shape index (κ2) is 6.33. The fraction of sp³-hybridized carbons (Fsp3) is 0.167. The average molecular weight is 302 g/mol. The van der Waals surface area contributed by atoms with Gasteiger partial charge >= 0.3 is 0 Å². The maximum atomic E-state index is 9.52. The van der Waals surface area contributed by atoms with Gasteiger partial charge in [0.1, 0.15) is 7.85 Å². The third-order valence-corrected chi connectivity index (χ3v) is 4.88. The van der Waals surface area contributed by atoms with Crippen molar-refractivity contribution in [3.05, 3.63) is 70.8 Å². The number of thioether (sulfide) groups is 1. The third kappa shape index (κ3) is 2.91. The molecule has 2 radical (unpaired) electrons. The highest BCUT2D eigenvalue weighted by Crippen LogP contribution is 2.41. The zero-order chi connectivity index (χ0) is 15.5. The third-order valence-electron chi connectivity index (χ3n) is 3.84. The van der Waals surface area contributed by atoms with Crippen LogP contribution in [-0.2, 0) is 0 Å². The Labute approximate surface area is 136 Å². The lowest BCUT2D eigenvalue weighted by Gasteiger charge is -2.18. The lowest BCUT2D eigenvalue weighted by Crippen LogP contribution is -2.17. The van der Waals surface area contributed by atoms with Gasteiger partial charge in [-0.2, -0.15) is 5.26 Å². The van der Waals surface area contributed by atoms with Gasteiger partial charge in [0.15, 0.2) is 0 Å². The Kier molecular flexibility index (Phi) is 4.26. The van der Waals surface area contributed by atoms with Crippen LogP contribution in [-0.4, -0.2) is 7.85 Å². The van der Waals surface area contributed by atoms with Gasteiger partial charge in [0.05, 0.1) is 22.7 Å². The summed E-state index contributed by atoms with van der Waals surface area (Å²) >= 11 is 1.57. The predicted molar refractivity (Wildman–Crippen MR) is 91.8 cm³/mol. The maximum absolute atomic E-state index is 9.52. The molecule has 1 heterocycles. The molecule has 2 atom stereocenters. The van der Waals surface area contributed by atoms with Crippen LogP contribution >= 0.6 is 11.8 Å². The molecule has 2 nitrogen and oxygen atoms in total. The zero-order valence-corrected chi connectivity index (χ0v) is 13.1. The summed E-state index contributed by atoms with van der Waals surface area (Å²) in [5.41, 5.74) is 2.74. The normalized spacial score (nSPS) is 20.5. The average Bonchev–Trinajstić information content (AvgIpc) is 2.84. The van der Waals surface area contributed by atoms with Gasteiger partial charge in [0.2, 0.25) is 0 Å². The summed E-state index contributed by atoms with van der Waals surface area (Å²) in [7, 11) is 5.83. The molecule has 1 aliphatic heterocycles. The van der Waals surface area contributed by atoms with Gasteiger partial charge in [-0.3, -0.25) is 0 Å². The van der Waals surface area contributed by atoms with E-state index in [0.29, 0.717) is 0 Å². The van der Waals surface area contributed by atoms with Crippen LogP contribution in [0.25, 0.3) is 0 Å². The first-order valence-corrected chi connectivity index (χ1v) is 8.00.